The molecule has 0 radical (unpaired) electrons. The van der Waals surface area contributed by atoms with Gasteiger partial charge in [0.25, 0.3) is 0 Å². The Balaban J connectivity index is 1.54. The summed E-state index contributed by atoms with van der Waals surface area (Å²) in [6.07, 6.45) is 7.46. The lowest BCUT2D eigenvalue weighted by molar-refractivity contribution is -0.127. The predicted molar refractivity (Wildman–Crippen MR) is 149 cm³/mol. The molecule has 2 N–H and O–H groups in total. The monoisotopic (exact) mass is 515 g/mol. The minimum atomic E-state index is -0.767. The average molecular weight is 516 g/mol. The van der Waals surface area contributed by atoms with E-state index in [1.54, 1.807) is 4.90 Å². The molecule has 1 aliphatic carbocycles. The highest BCUT2D eigenvalue weighted by molar-refractivity contribution is 7.10. The van der Waals surface area contributed by atoms with Crippen LogP contribution in [0.15, 0.2) is 72.2 Å². The molecule has 0 saturated heterocycles. The topological polar surface area (TPSA) is 74.4 Å². The number of fused-ring (bicyclic) bond motifs is 1. The minimum Gasteiger partial charge on any atom is -0.494 e. The number of thiophene rings is 1. The van der Waals surface area contributed by atoms with Gasteiger partial charge in [0.15, 0.2) is 0 Å². The third kappa shape index (κ3) is 5.72. The lowest BCUT2D eigenvalue weighted by Gasteiger charge is -2.33. The summed E-state index contributed by atoms with van der Waals surface area (Å²) in [4.78, 5) is 33.8. The molecule has 1 aliphatic rings. The number of hydrogen-bond donors (Lipinski definition) is 2. The summed E-state index contributed by atoms with van der Waals surface area (Å²) in [5, 5.41) is 6.24. The maximum Gasteiger partial charge on any atom is 0.248 e. The molecule has 7 heteroatoms. The summed E-state index contributed by atoms with van der Waals surface area (Å²) in [5.41, 5.74) is 2.54. The van der Waals surface area contributed by atoms with Gasteiger partial charge in [0.1, 0.15) is 11.8 Å². The fraction of sp³-hybridized carbons (Fsp3) is 0.333. The van der Waals surface area contributed by atoms with Crippen LogP contribution in [0, 0.1) is 0 Å². The Labute approximate surface area is 221 Å². The fourth-order valence-electron chi connectivity index (χ4n) is 5.20. The smallest absolute Gasteiger partial charge is 0.248 e. The number of aromatic nitrogens is 1. The molecule has 0 spiro atoms. The van der Waals surface area contributed by atoms with E-state index in [9.17, 15) is 9.59 Å². The number of anilines is 1. The first kappa shape index (κ1) is 25.1. The molecule has 1 atom stereocenters. The largest absolute Gasteiger partial charge is 0.494 e. The number of nitrogens with one attached hydrogen (secondary N) is 2. The zero-order valence-corrected chi connectivity index (χ0v) is 21.9. The Morgan fingerprint density at radius 3 is 2.70 bits per heavy atom. The number of nitrogens with zero attached hydrogens (tertiary/aromatic N) is 1. The van der Waals surface area contributed by atoms with Crippen molar-refractivity contribution < 1.29 is 14.3 Å². The van der Waals surface area contributed by atoms with Gasteiger partial charge in [-0.05, 0) is 55.0 Å². The SMILES string of the molecule is CCOc1cccc(N(C(=O)Cc2c[nH]c3ccccc23)C(C(=O)NC2CCCCC2)c2cccs2)c1. The molecule has 1 unspecified atom stereocenters. The number of hydrogen-bond acceptors (Lipinski definition) is 4. The molecule has 37 heavy (non-hydrogen) atoms. The maximum absolute atomic E-state index is 14.2. The van der Waals surface area contributed by atoms with E-state index in [0.717, 1.165) is 47.0 Å². The normalized spacial score (nSPS) is 14.8. The lowest BCUT2D eigenvalue weighted by atomic mass is 9.95. The van der Waals surface area contributed by atoms with Gasteiger partial charge in [-0.3, -0.25) is 14.5 Å². The Hall–Kier alpha value is -3.58. The van der Waals surface area contributed by atoms with Crippen LogP contribution in [0.4, 0.5) is 5.69 Å². The van der Waals surface area contributed by atoms with Crippen molar-refractivity contribution in [2.45, 2.75) is 57.5 Å². The first-order valence-electron chi connectivity index (χ1n) is 13.1. The van der Waals surface area contributed by atoms with Crippen molar-refractivity contribution in [3.63, 3.8) is 0 Å². The summed E-state index contributed by atoms with van der Waals surface area (Å²) in [7, 11) is 0. The second-order valence-electron chi connectivity index (χ2n) is 9.49. The van der Waals surface area contributed by atoms with Gasteiger partial charge >= 0.3 is 0 Å². The second kappa shape index (κ2) is 11.6. The van der Waals surface area contributed by atoms with Crippen molar-refractivity contribution in [2.75, 3.05) is 11.5 Å². The standard InChI is InChI=1S/C30H33N3O3S/c1-2-36-24-13-8-12-23(19-24)33(28(34)18-21-20-31-26-15-7-6-14-25(21)26)29(27-16-9-17-37-27)30(35)32-22-10-4-3-5-11-22/h6-9,12-17,19-20,22,29,31H,2-5,10-11,18H2,1H3,(H,32,35). The van der Waals surface area contributed by atoms with Gasteiger partial charge in [-0.15, -0.1) is 11.3 Å². The molecule has 2 amide bonds. The average Bonchev–Trinajstić information content (AvgIpc) is 3.59. The highest BCUT2D eigenvalue weighted by Crippen LogP contribution is 2.34. The van der Waals surface area contributed by atoms with Crippen LogP contribution in [0.25, 0.3) is 10.9 Å². The minimum absolute atomic E-state index is 0.136. The molecular formula is C30H33N3O3S. The van der Waals surface area contributed by atoms with Crippen molar-refractivity contribution in [1.29, 1.82) is 0 Å². The van der Waals surface area contributed by atoms with Crippen LogP contribution in [-0.4, -0.2) is 29.4 Å². The number of ether oxygens (including phenoxy) is 1. The van der Waals surface area contributed by atoms with Gasteiger partial charge in [0.2, 0.25) is 11.8 Å². The van der Waals surface area contributed by atoms with Crippen LogP contribution in [0.3, 0.4) is 0 Å². The summed E-state index contributed by atoms with van der Waals surface area (Å²) >= 11 is 1.49. The molecule has 2 aromatic heterocycles. The number of benzene rings is 2. The number of rotatable bonds is 9. The summed E-state index contributed by atoms with van der Waals surface area (Å²) < 4.78 is 5.75. The second-order valence-corrected chi connectivity index (χ2v) is 10.5. The third-order valence-corrected chi connectivity index (χ3v) is 7.89. The molecule has 4 aromatic rings. The Kier molecular flexibility index (Phi) is 7.90. The van der Waals surface area contributed by atoms with Gasteiger partial charge in [0, 0.05) is 39.8 Å². The molecule has 2 aromatic carbocycles. The fourth-order valence-corrected chi connectivity index (χ4v) is 6.01. The van der Waals surface area contributed by atoms with Crippen LogP contribution in [0.5, 0.6) is 5.75 Å². The molecule has 6 nitrogen and oxygen atoms in total. The van der Waals surface area contributed by atoms with Crippen LogP contribution in [-0.2, 0) is 16.0 Å². The zero-order chi connectivity index (χ0) is 25.6. The van der Waals surface area contributed by atoms with Gasteiger partial charge in [-0.1, -0.05) is 49.6 Å². The molecule has 5 rings (SSSR count). The van der Waals surface area contributed by atoms with Crippen molar-refractivity contribution in [3.05, 3.63) is 82.7 Å². The lowest BCUT2D eigenvalue weighted by Crippen LogP contribution is -2.47. The Morgan fingerprint density at radius 2 is 1.92 bits per heavy atom. The number of carbonyl (C=O) groups is 2. The van der Waals surface area contributed by atoms with E-state index in [2.05, 4.69) is 10.3 Å². The molecule has 192 valence electrons. The van der Waals surface area contributed by atoms with E-state index in [-0.39, 0.29) is 24.3 Å². The van der Waals surface area contributed by atoms with E-state index < -0.39 is 6.04 Å². The number of H-pyrrole nitrogens is 1. The van der Waals surface area contributed by atoms with Crippen LogP contribution < -0.4 is 15.0 Å². The first-order chi connectivity index (χ1) is 18.1. The summed E-state index contributed by atoms with van der Waals surface area (Å²) in [6, 6.07) is 18.7. The molecule has 1 saturated carbocycles. The van der Waals surface area contributed by atoms with Crippen molar-refractivity contribution >= 4 is 39.7 Å². The van der Waals surface area contributed by atoms with Crippen LogP contribution in [0.2, 0.25) is 0 Å². The number of carbonyl (C=O) groups excluding carboxylic acids is 2. The van der Waals surface area contributed by atoms with E-state index >= 15 is 0 Å². The first-order valence-corrected chi connectivity index (χ1v) is 14.0. The summed E-state index contributed by atoms with van der Waals surface area (Å²) in [5.74, 6) is 0.390. The van der Waals surface area contributed by atoms with Gasteiger partial charge in [-0.2, -0.15) is 0 Å². The molecular weight excluding hydrogens is 482 g/mol. The Morgan fingerprint density at radius 1 is 1.08 bits per heavy atom. The van der Waals surface area contributed by atoms with Crippen LogP contribution in [0.1, 0.15) is 55.5 Å². The number of para-hydroxylation sites is 1. The van der Waals surface area contributed by atoms with E-state index in [4.69, 9.17) is 4.74 Å². The van der Waals surface area contributed by atoms with Gasteiger partial charge in [0.05, 0.1) is 13.0 Å². The summed E-state index contributed by atoms with van der Waals surface area (Å²) in [6.45, 7) is 2.45. The molecule has 0 bridgehead atoms. The number of amides is 2. The van der Waals surface area contributed by atoms with Crippen molar-refractivity contribution in [1.82, 2.24) is 10.3 Å². The van der Waals surface area contributed by atoms with Gasteiger partial charge < -0.3 is 15.0 Å². The highest BCUT2D eigenvalue weighted by atomic mass is 32.1. The third-order valence-electron chi connectivity index (χ3n) is 6.96. The van der Waals surface area contributed by atoms with Gasteiger partial charge in [-0.25, -0.2) is 0 Å². The van der Waals surface area contributed by atoms with Crippen LogP contribution >= 0.6 is 11.3 Å². The molecule has 0 aliphatic heterocycles. The van der Waals surface area contributed by atoms with E-state index in [0.29, 0.717) is 18.0 Å². The predicted octanol–water partition coefficient (Wildman–Crippen LogP) is 6.39. The quantitative estimate of drug-likeness (QED) is 0.271. The zero-order valence-electron chi connectivity index (χ0n) is 21.1. The molecule has 1 fully saturated rings. The molecule has 2 heterocycles. The van der Waals surface area contributed by atoms with E-state index in [1.165, 1.54) is 17.8 Å². The Bertz CT molecular complexity index is 1340. The van der Waals surface area contributed by atoms with Crippen molar-refractivity contribution in [2.24, 2.45) is 0 Å². The van der Waals surface area contributed by atoms with E-state index in [1.807, 2.05) is 79.2 Å². The highest BCUT2D eigenvalue weighted by Gasteiger charge is 2.35. The maximum atomic E-state index is 14.2. The van der Waals surface area contributed by atoms with Crippen molar-refractivity contribution in [3.8, 4) is 5.75 Å². The number of aromatic amines is 1.